The minimum absolute atomic E-state index is 0.131. The normalized spacial score (nSPS) is 10.2. The van der Waals surface area contributed by atoms with Crippen LogP contribution in [0.5, 0.6) is 11.8 Å². The maximum absolute atomic E-state index is 11.2. The number of aromatic nitrogens is 4. The van der Waals surface area contributed by atoms with Gasteiger partial charge in [-0.1, -0.05) is 0 Å². The molecule has 0 saturated heterocycles. The summed E-state index contributed by atoms with van der Waals surface area (Å²) >= 11 is 0. The average molecular weight is 248 g/mol. The largest absolute Gasteiger partial charge is 0.464 e. The molecule has 0 saturated carbocycles. The second-order valence-electron chi connectivity index (χ2n) is 3.58. The topological polar surface area (TPSA) is 79.1 Å². The molecule has 7 nitrogen and oxygen atoms in total. The fourth-order valence-electron chi connectivity index (χ4n) is 1.37. The summed E-state index contributed by atoms with van der Waals surface area (Å²) < 4.78 is 11.6. The van der Waals surface area contributed by atoms with E-state index in [1.165, 1.54) is 19.5 Å². The number of hydrogen-bond donors (Lipinski definition) is 0. The number of carbonyl (C=O) groups is 1. The second-order valence-corrected chi connectivity index (χ2v) is 3.58. The van der Waals surface area contributed by atoms with E-state index in [0.29, 0.717) is 5.88 Å². The zero-order valence-electron chi connectivity index (χ0n) is 10.2. The highest BCUT2D eigenvalue weighted by atomic mass is 16.5. The predicted molar refractivity (Wildman–Crippen MR) is 61.4 cm³/mol. The lowest BCUT2D eigenvalue weighted by Crippen LogP contribution is -2.05. The minimum Gasteiger partial charge on any atom is -0.464 e. The monoisotopic (exact) mass is 248 g/mol. The van der Waals surface area contributed by atoms with Crippen molar-refractivity contribution in [2.75, 3.05) is 7.11 Å². The van der Waals surface area contributed by atoms with Gasteiger partial charge in [0.15, 0.2) is 5.69 Å². The molecule has 0 N–H and O–H groups in total. The Morgan fingerprint density at radius 1 is 1.33 bits per heavy atom. The lowest BCUT2D eigenvalue weighted by Gasteiger charge is -2.04. The third-order valence-corrected chi connectivity index (χ3v) is 2.19. The smallest absolute Gasteiger partial charge is 0.358 e. The van der Waals surface area contributed by atoms with E-state index >= 15 is 0 Å². The summed E-state index contributed by atoms with van der Waals surface area (Å²) in [6.07, 6.45) is 2.65. The minimum atomic E-state index is -0.537. The molecule has 2 aromatic rings. The highest BCUT2D eigenvalue weighted by Crippen LogP contribution is 2.18. The van der Waals surface area contributed by atoms with Crippen LogP contribution >= 0.6 is 0 Å². The summed E-state index contributed by atoms with van der Waals surface area (Å²) in [6.45, 7) is 1.86. The van der Waals surface area contributed by atoms with Crippen LogP contribution < -0.4 is 4.74 Å². The number of carbonyl (C=O) groups excluding carboxylic acids is 1. The van der Waals surface area contributed by atoms with E-state index in [4.69, 9.17) is 4.74 Å². The van der Waals surface area contributed by atoms with Gasteiger partial charge in [-0.05, 0) is 6.92 Å². The van der Waals surface area contributed by atoms with E-state index in [1.54, 1.807) is 17.8 Å². The second kappa shape index (κ2) is 4.82. The fourth-order valence-corrected chi connectivity index (χ4v) is 1.37. The number of ether oxygens (including phenoxy) is 2. The average Bonchev–Trinajstić information content (AvgIpc) is 2.68. The molecule has 7 heteroatoms. The van der Waals surface area contributed by atoms with Crippen molar-refractivity contribution >= 4 is 5.97 Å². The summed E-state index contributed by atoms with van der Waals surface area (Å²) in [4.78, 5) is 19.0. The Bertz CT molecular complexity index is 562. The van der Waals surface area contributed by atoms with Gasteiger partial charge in [-0.2, -0.15) is 5.10 Å². The first-order chi connectivity index (χ1) is 8.60. The molecule has 18 heavy (non-hydrogen) atoms. The number of nitrogens with zero attached hydrogens (tertiary/aromatic N) is 4. The Morgan fingerprint density at radius 3 is 2.61 bits per heavy atom. The standard InChI is InChI=1S/C11H12N4O3/c1-7-4-10(15(2)14-7)18-9-6-12-8(5-13-9)11(16)17-3/h4-6H,1-3H3. The Morgan fingerprint density at radius 2 is 2.11 bits per heavy atom. The maximum Gasteiger partial charge on any atom is 0.358 e. The van der Waals surface area contributed by atoms with Crippen LogP contribution in [0.1, 0.15) is 16.2 Å². The van der Waals surface area contributed by atoms with E-state index in [-0.39, 0.29) is 11.6 Å². The van der Waals surface area contributed by atoms with Gasteiger partial charge in [-0.25, -0.2) is 19.4 Å². The van der Waals surface area contributed by atoms with E-state index in [9.17, 15) is 4.79 Å². The molecule has 0 aliphatic rings. The van der Waals surface area contributed by atoms with Crippen LogP contribution in [0.3, 0.4) is 0 Å². The van der Waals surface area contributed by atoms with E-state index in [0.717, 1.165) is 5.69 Å². The fraction of sp³-hybridized carbons (Fsp3) is 0.273. The molecule has 2 heterocycles. The molecular formula is C11H12N4O3. The zero-order chi connectivity index (χ0) is 13.1. The van der Waals surface area contributed by atoms with Crippen LogP contribution in [-0.4, -0.2) is 32.8 Å². The highest BCUT2D eigenvalue weighted by Gasteiger charge is 2.09. The molecule has 0 bridgehead atoms. The van der Waals surface area contributed by atoms with Crippen LogP contribution in [-0.2, 0) is 11.8 Å². The summed E-state index contributed by atoms with van der Waals surface area (Å²) in [7, 11) is 3.05. The van der Waals surface area contributed by atoms with Gasteiger partial charge in [0.05, 0.1) is 25.2 Å². The number of hydrogen-bond acceptors (Lipinski definition) is 6. The Balaban J connectivity index is 2.16. The number of aryl methyl sites for hydroxylation is 2. The van der Waals surface area contributed by atoms with Gasteiger partial charge in [0.25, 0.3) is 0 Å². The Labute approximate surface area is 103 Å². The lowest BCUT2D eigenvalue weighted by molar-refractivity contribution is 0.0593. The molecule has 0 unspecified atom stereocenters. The molecule has 0 aromatic carbocycles. The molecule has 0 fully saturated rings. The number of rotatable bonds is 3. The van der Waals surface area contributed by atoms with E-state index in [1.807, 2.05) is 6.92 Å². The molecule has 0 atom stereocenters. The van der Waals surface area contributed by atoms with Crippen molar-refractivity contribution in [3.05, 3.63) is 29.8 Å². The molecule has 0 aliphatic heterocycles. The molecule has 0 aliphatic carbocycles. The first-order valence-corrected chi connectivity index (χ1v) is 5.19. The van der Waals surface area contributed by atoms with Crippen LogP contribution in [0.4, 0.5) is 0 Å². The van der Waals surface area contributed by atoms with Crippen molar-refractivity contribution in [3.63, 3.8) is 0 Å². The quantitative estimate of drug-likeness (QED) is 0.757. The van der Waals surface area contributed by atoms with Crippen molar-refractivity contribution in [1.29, 1.82) is 0 Å². The molecule has 2 aromatic heterocycles. The van der Waals surface area contributed by atoms with Crippen LogP contribution in [0, 0.1) is 6.92 Å². The molecular weight excluding hydrogens is 236 g/mol. The van der Waals surface area contributed by atoms with Gasteiger partial charge in [0.1, 0.15) is 0 Å². The summed E-state index contributed by atoms with van der Waals surface area (Å²) in [5.41, 5.74) is 0.970. The van der Waals surface area contributed by atoms with Gasteiger partial charge in [-0.15, -0.1) is 0 Å². The Kier molecular flexibility index (Phi) is 3.22. The van der Waals surface area contributed by atoms with Crippen LogP contribution in [0.15, 0.2) is 18.5 Å². The Hall–Kier alpha value is -2.44. The van der Waals surface area contributed by atoms with Crippen molar-refractivity contribution in [3.8, 4) is 11.8 Å². The van der Waals surface area contributed by atoms with Crippen molar-refractivity contribution in [2.24, 2.45) is 7.05 Å². The van der Waals surface area contributed by atoms with Gasteiger partial charge < -0.3 is 9.47 Å². The van der Waals surface area contributed by atoms with E-state index in [2.05, 4.69) is 19.8 Å². The summed E-state index contributed by atoms with van der Waals surface area (Å²) in [5.74, 6) is 0.295. The van der Waals surface area contributed by atoms with E-state index < -0.39 is 5.97 Å². The lowest BCUT2D eigenvalue weighted by atomic mass is 10.4. The predicted octanol–water partition coefficient (Wildman–Crippen LogP) is 1.10. The van der Waals surface area contributed by atoms with Gasteiger partial charge in [0.2, 0.25) is 11.8 Å². The maximum atomic E-state index is 11.2. The van der Waals surface area contributed by atoms with Gasteiger partial charge >= 0.3 is 5.97 Å². The summed E-state index contributed by atoms with van der Waals surface area (Å²) in [6, 6.07) is 1.77. The third kappa shape index (κ3) is 2.45. The van der Waals surface area contributed by atoms with Crippen molar-refractivity contribution < 1.29 is 14.3 Å². The number of methoxy groups -OCH3 is 1. The number of esters is 1. The molecule has 94 valence electrons. The molecule has 0 amide bonds. The SMILES string of the molecule is COC(=O)c1cnc(Oc2cc(C)nn2C)cn1. The van der Waals surface area contributed by atoms with Gasteiger partial charge in [0, 0.05) is 13.1 Å². The van der Waals surface area contributed by atoms with Crippen LogP contribution in [0.2, 0.25) is 0 Å². The third-order valence-electron chi connectivity index (χ3n) is 2.19. The zero-order valence-corrected chi connectivity index (χ0v) is 10.2. The molecule has 0 radical (unpaired) electrons. The summed E-state index contributed by atoms with van der Waals surface area (Å²) in [5, 5.41) is 4.14. The van der Waals surface area contributed by atoms with Crippen LogP contribution in [0.25, 0.3) is 0 Å². The first kappa shape index (κ1) is 12.0. The van der Waals surface area contributed by atoms with Crippen molar-refractivity contribution in [2.45, 2.75) is 6.92 Å². The molecule has 0 spiro atoms. The first-order valence-electron chi connectivity index (χ1n) is 5.19. The highest BCUT2D eigenvalue weighted by molar-refractivity contribution is 5.86. The van der Waals surface area contributed by atoms with Gasteiger partial charge in [-0.3, -0.25) is 0 Å². The van der Waals surface area contributed by atoms with Crippen molar-refractivity contribution in [1.82, 2.24) is 19.7 Å². The molecule has 2 rings (SSSR count).